The highest BCUT2D eigenvalue weighted by Crippen LogP contribution is 2.69. The van der Waals surface area contributed by atoms with Crippen LogP contribution in [0.1, 0.15) is 58.2 Å². The molecule has 2 aromatic heterocycles. The molecule has 1 unspecified atom stereocenters. The van der Waals surface area contributed by atoms with Gasteiger partial charge in [-0.05, 0) is 77.5 Å². The Morgan fingerprint density at radius 1 is 1.20 bits per heavy atom. The molecule has 3 aliphatic rings. The first-order chi connectivity index (χ1) is 20.5. The van der Waals surface area contributed by atoms with E-state index in [9.17, 15) is 31.9 Å². The van der Waals surface area contributed by atoms with Gasteiger partial charge in [-0.3, -0.25) is 9.69 Å². The van der Waals surface area contributed by atoms with Gasteiger partial charge in [-0.2, -0.15) is 27.1 Å². The van der Waals surface area contributed by atoms with Crippen molar-refractivity contribution in [2.24, 2.45) is 11.7 Å². The number of aliphatic hydroxyl groups is 1. The number of likely N-dealkylation sites (N-methyl/N-ethyl adjacent to an activating group) is 1. The second-order valence-corrected chi connectivity index (χ2v) is 12.4. The lowest BCUT2D eigenvalue weighted by molar-refractivity contribution is -0.142. The summed E-state index contributed by atoms with van der Waals surface area (Å²) < 4.78 is 102. The minimum Gasteiger partial charge on any atom is -0.375 e. The number of fused-ring (bicyclic) bond motifs is 3. The van der Waals surface area contributed by atoms with E-state index < -0.39 is 82.4 Å². The molecule has 3 heterocycles. The number of likely N-dealkylation sites (tertiary alicyclic amines) is 1. The standard InChI is InChI=1S/C29H23BrF7N5O2/c1-41-11-27(44,12-41)5-4-16-2-3-20(30)22(39-16)18(8-13-6-14(31)9-15(32)7-13)23(26(38)43)42-25-21(24(40-42)29(35,36)37)17-10-19(17)28(25,33)34/h2-3,6-7,9,17-19,23,44H,8,10-12H2,1H3,(H2,38,43)/t17-,18+,19+,23?/m0/s1. The first-order valence-corrected chi connectivity index (χ1v) is 14.2. The number of nitrogens with two attached hydrogens (primary N) is 1. The van der Waals surface area contributed by atoms with Crippen molar-refractivity contribution < 1.29 is 40.6 Å². The normalized spacial score (nSPS) is 22.7. The number of carbonyl (C=O) groups is 1. The summed E-state index contributed by atoms with van der Waals surface area (Å²) in [6.07, 6.45) is -5.75. The molecule has 0 bridgehead atoms. The van der Waals surface area contributed by atoms with Crippen LogP contribution in [0, 0.1) is 29.4 Å². The molecule has 7 nitrogen and oxygen atoms in total. The predicted molar refractivity (Wildman–Crippen MR) is 144 cm³/mol. The van der Waals surface area contributed by atoms with Crippen molar-refractivity contribution in [3.05, 3.63) is 80.3 Å². The zero-order valence-corrected chi connectivity index (χ0v) is 24.4. The molecule has 2 aliphatic carbocycles. The van der Waals surface area contributed by atoms with Crippen LogP contribution in [0.15, 0.2) is 34.8 Å². The third-order valence-corrected chi connectivity index (χ3v) is 8.85. The number of benzene rings is 1. The Hall–Kier alpha value is -3.48. The molecule has 1 aromatic carbocycles. The third kappa shape index (κ3) is 5.26. The lowest BCUT2D eigenvalue weighted by atomic mass is 9.87. The van der Waals surface area contributed by atoms with Gasteiger partial charge in [0.1, 0.15) is 29.1 Å². The Morgan fingerprint density at radius 3 is 2.45 bits per heavy atom. The number of hydrogen-bond acceptors (Lipinski definition) is 5. The fourth-order valence-electron chi connectivity index (χ4n) is 6.36. The highest BCUT2D eigenvalue weighted by Gasteiger charge is 2.69. The summed E-state index contributed by atoms with van der Waals surface area (Å²) >= 11 is 3.30. The number of hydrogen-bond donors (Lipinski definition) is 2. The Labute approximate surface area is 254 Å². The van der Waals surface area contributed by atoms with Crippen molar-refractivity contribution in [3.63, 3.8) is 0 Å². The molecule has 3 aromatic rings. The average molecular weight is 686 g/mol. The van der Waals surface area contributed by atoms with E-state index in [4.69, 9.17) is 5.73 Å². The van der Waals surface area contributed by atoms with Crippen molar-refractivity contribution >= 4 is 21.8 Å². The molecule has 1 saturated carbocycles. The Bertz CT molecular complexity index is 1720. The zero-order valence-electron chi connectivity index (χ0n) is 22.8. The molecule has 15 heteroatoms. The number of rotatable bonds is 6. The van der Waals surface area contributed by atoms with E-state index in [1.54, 1.807) is 7.05 Å². The summed E-state index contributed by atoms with van der Waals surface area (Å²) in [7, 11) is 1.78. The molecule has 4 atom stereocenters. The number of β-amino-alcohol motifs (C(OH)–C–C–N with tert-alkyl or cyclic N) is 1. The number of aromatic nitrogens is 3. The maximum atomic E-state index is 15.5. The SMILES string of the molecule is CN1CC(O)(C#Cc2ccc(Br)c([C@@H](Cc3cc(F)cc(F)c3)C(C(N)=O)n3nc(C(F)(F)F)c4c3C(F)(F)[C@@H]3C[C@H]43)n2)C1. The number of carbonyl (C=O) groups excluding carboxylic acids is 1. The van der Waals surface area contributed by atoms with Gasteiger partial charge < -0.3 is 10.8 Å². The molecule has 6 rings (SSSR count). The highest BCUT2D eigenvalue weighted by molar-refractivity contribution is 9.10. The van der Waals surface area contributed by atoms with E-state index in [1.807, 2.05) is 4.90 Å². The van der Waals surface area contributed by atoms with E-state index >= 15 is 8.78 Å². The van der Waals surface area contributed by atoms with Crippen LogP contribution < -0.4 is 5.73 Å². The molecule has 1 aliphatic heterocycles. The number of nitrogens with zero attached hydrogens (tertiary/aromatic N) is 4. The molecule has 1 amide bonds. The largest absolute Gasteiger partial charge is 0.435 e. The number of primary amides is 1. The Balaban J connectivity index is 1.53. The van der Waals surface area contributed by atoms with Crippen LogP contribution in [-0.4, -0.2) is 56.4 Å². The summed E-state index contributed by atoms with van der Waals surface area (Å²) in [5.74, 6) is -5.53. The van der Waals surface area contributed by atoms with Crippen molar-refractivity contribution in [3.8, 4) is 11.8 Å². The van der Waals surface area contributed by atoms with Gasteiger partial charge in [-0.15, -0.1) is 0 Å². The van der Waals surface area contributed by atoms with Gasteiger partial charge in [-0.25, -0.2) is 18.4 Å². The van der Waals surface area contributed by atoms with E-state index in [0.29, 0.717) is 10.7 Å². The maximum absolute atomic E-state index is 15.5. The van der Waals surface area contributed by atoms with Gasteiger partial charge in [0.25, 0.3) is 5.92 Å². The highest BCUT2D eigenvalue weighted by atomic mass is 79.9. The fourth-order valence-corrected chi connectivity index (χ4v) is 6.87. The maximum Gasteiger partial charge on any atom is 0.435 e. The molecular formula is C29H23BrF7N5O2. The second-order valence-electron chi connectivity index (χ2n) is 11.6. The van der Waals surface area contributed by atoms with Crippen LogP contribution in [0.25, 0.3) is 0 Å². The summed E-state index contributed by atoms with van der Waals surface area (Å²) in [6.45, 7) is 0.534. The van der Waals surface area contributed by atoms with Crippen LogP contribution in [0.4, 0.5) is 30.7 Å². The van der Waals surface area contributed by atoms with Crippen molar-refractivity contribution in [2.45, 2.75) is 48.4 Å². The molecule has 1 saturated heterocycles. The van der Waals surface area contributed by atoms with Gasteiger partial charge in [0.15, 0.2) is 11.3 Å². The van der Waals surface area contributed by atoms with E-state index in [2.05, 4.69) is 37.9 Å². The predicted octanol–water partition coefficient (Wildman–Crippen LogP) is 4.63. The van der Waals surface area contributed by atoms with E-state index in [1.165, 1.54) is 12.1 Å². The molecule has 0 radical (unpaired) electrons. The Kier molecular flexibility index (Phi) is 7.14. The Morgan fingerprint density at radius 2 is 1.86 bits per heavy atom. The van der Waals surface area contributed by atoms with Gasteiger partial charge in [0.2, 0.25) is 5.91 Å². The lowest BCUT2D eigenvalue weighted by Gasteiger charge is -2.40. The molecular weight excluding hydrogens is 663 g/mol. The lowest BCUT2D eigenvalue weighted by Crippen LogP contribution is -2.59. The third-order valence-electron chi connectivity index (χ3n) is 8.18. The van der Waals surface area contributed by atoms with Crippen molar-refractivity contribution in [1.82, 2.24) is 19.7 Å². The average Bonchev–Trinajstić information content (AvgIpc) is 3.53. The molecule has 0 spiro atoms. The zero-order chi connectivity index (χ0) is 31.9. The van der Waals surface area contributed by atoms with Crippen LogP contribution in [0.5, 0.6) is 0 Å². The van der Waals surface area contributed by atoms with Crippen LogP contribution in [0.2, 0.25) is 0 Å². The molecule has 44 heavy (non-hydrogen) atoms. The summed E-state index contributed by atoms with van der Waals surface area (Å²) in [6, 6.07) is 3.39. The van der Waals surface area contributed by atoms with Gasteiger partial charge in [-0.1, -0.05) is 5.92 Å². The fraction of sp³-hybridized carbons (Fsp3) is 0.414. The van der Waals surface area contributed by atoms with Crippen LogP contribution in [-0.2, 0) is 23.3 Å². The monoisotopic (exact) mass is 685 g/mol. The topological polar surface area (TPSA) is 97.3 Å². The number of halogens is 8. The minimum absolute atomic E-state index is 0.0507. The first-order valence-electron chi connectivity index (χ1n) is 13.4. The smallest absolute Gasteiger partial charge is 0.375 e. The van der Waals surface area contributed by atoms with E-state index in [0.717, 1.165) is 12.1 Å². The van der Waals surface area contributed by atoms with Gasteiger partial charge in [0.05, 0.1) is 5.69 Å². The number of amides is 1. The first kappa shape index (κ1) is 30.5. The van der Waals surface area contributed by atoms with Crippen LogP contribution >= 0.6 is 15.9 Å². The van der Waals surface area contributed by atoms with Gasteiger partial charge >= 0.3 is 6.18 Å². The van der Waals surface area contributed by atoms with Crippen molar-refractivity contribution in [2.75, 3.05) is 20.1 Å². The number of pyridine rings is 1. The summed E-state index contributed by atoms with van der Waals surface area (Å²) in [5, 5.41) is 14.0. The second kappa shape index (κ2) is 10.3. The van der Waals surface area contributed by atoms with Crippen LogP contribution in [0.3, 0.4) is 0 Å². The molecule has 232 valence electrons. The quantitative estimate of drug-likeness (QED) is 0.292. The number of alkyl halides is 5. The summed E-state index contributed by atoms with van der Waals surface area (Å²) in [5.41, 5.74) is 1.09. The molecule has 3 N–H and O–H groups in total. The molecule has 2 fully saturated rings. The minimum atomic E-state index is -5.11. The summed E-state index contributed by atoms with van der Waals surface area (Å²) in [4.78, 5) is 19.4. The van der Waals surface area contributed by atoms with Gasteiger partial charge in [0, 0.05) is 41.0 Å². The van der Waals surface area contributed by atoms with Crippen molar-refractivity contribution in [1.29, 1.82) is 0 Å². The van der Waals surface area contributed by atoms with E-state index in [-0.39, 0.29) is 40.9 Å².